The van der Waals surface area contributed by atoms with Gasteiger partial charge in [0.05, 0.1) is 17.2 Å². The summed E-state index contributed by atoms with van der Waals surface area (Å²) in [4.78, 5) is 13.3. The first-order chi connectivity index (χ1) is 12.0. The van der Waals surface area contributed by atoms with E-state index < -0.39 is 0 Å². The van der Waals surface area contributed by atoms with Gasteiger partial charge in [-0.15, -0.1) is 11.3 Å². The SMILES string of the molecule is CCN(C)Cc1cccc(CNC(=NC)N(C)Cc2csc(C)n2)c1. The molecule has 1 aromatic carbocycles. The van der Waals surface area contributed by atoms with Gasteiger partial charge in [0, 0.05) is 32.6 Å². The van der Waals surface area contributed by atoms with Crippen molar-refractivity contribution in [2.45, 2.75) is 33.5 Å². The highest BCUT2D eigenvalue weighted by Gasteiger charge is 2.09. The van der Waals surface area contributed by atoms with E-state index in [-0.39, 0.29) is 0 Å². The minimum Gasteiger partial charge on any atom is -0.352 e. The predicted molar refractivity (Wildman–Crippen MR) is 107 cm³/mol. The van der Waals surface area contributed by atoms with Crippen LogP contribution in [-0.4, -0.2) is 48.4 Å². The zero-order chi connectivity index (χ0) is 18.2. The Morgan fingerprint density at radius 2 is 2.00 bits per heavy atom. The lowest BCUT2D eigenvalue weighted by molar-refractivity contribution is 0.345. The molecular formula is C19H29N5S. The fourth-order valence-electron chi connectivity index (χ4n) is 2.63. The minimum atomic E-state index is 0.755. The molecule has 2 rings (SSSR count). The van der Waals surface area contributed by atoms with Crippen LogP contribution < -0.4 is 5.32 Å². The quantitative estimate of drug-likeness (QED) is 0.609. The fraction of sp³-hybridized carbons (Fsp3) is 0.474. The number of hydrogen-bond donors (Lipinski definition) is 1. The molecule has 0 saturated carbocycles. The summed E-state index contributed by atoms with van der Waals surface area (Å²) in [6.45, 7) is 7.75. The average molecular weight is 360 g/mol. The van der Waals surface area contributed by atoms with Crippen LogP contribution in [0, 0.1) is 6.92 Å². The normalized spacial score (nSPS) is 11.8. The van der Waals surface area contributed by atoms with Gasteiger partial charge in [-0.2, -0.15) is 0 Å². The number of guanidine groups is 1. The maximum atomic E-state index is 4.52. The molecule has 0 fully saturated rings. The van der Waals surface area contributed by atoms with Crippen molar-refractivity contribution in [2.75, 3.05) is 27.7 Å². The molecule has 0 bridgehead atoms. The van der Waals surface area contributed by atoms with E-state index in [0.717, 1.165) is 42.8 Å². The van der Waals surface area contributed by atoms with E-state index in [2.05, 4.69) is 68.7 Å². The van der Waals surface area contributed by atoms with E-state index in [4.69, 9.17) is 0 Å². The summed E-state index contributed by atoms with van der Waals surface area (Å²) in [5.41, 5.74) is 3.68. The highest BCUT2D eigenvalue weighted by molar-refractivity contribution is 7.09. The molecule has 5 nitrogen and oxygen atoms in total. The molecule has 25 heavy (non-hydrogen) atoms. The van der Waals surface area contributed by atoms with Crippen LogP contribution in [0.3, 0.4) is 0 Å². The van der Waals surface area contributed by atoms with Crippen LogP contribution in [0.2, 0.25) is 0 Å². The highest BCUT2D eigenvalue weighted by Crippen LogP contribution is 2.10. The summed E-state index contributed by atoms with van der Waals surface area (Å²) in [6, 6.07) is 8.72. The molecular weight excluding hydrogens is 330 g/mol. The Balaban J connectivity index is 1.92. The number of nitrogens with one attached hydrogen (secondary N) is 1. The van der Waals surface area contributed by atoms with Gasteiger partial charge in [0.2, 0.25) is 0 Å². The van der Waals surface area contributed by atoms with Crippen LogP contribution in [0.4, 0.5) is 0 Å². The lowest BCUT2D eigenvalue weighted by Crippen LogP contribution is -2.38. The van der Waals surface area contributed by atoms with Crippen LogP contribution >= 0.6 is 11.3 Å². The van der Waals surface area contributed by atoms with Crippen molar-refractivity contribution in [3.8, 4) is 0 Å². The van der Waals surface area contributed by atoms with Gasteiger partial charge >= 0.3 is 0 Å². The van der Waals surface area contributed by atoms with E-state index >= 15 is 0 Å². The largest absolute Gasteiger partial charge is 0.352 e. The van der Waals surface area contributed by atoms with Crippen molar-refractivity contribution in [3.63, 3.8) is 0 Å². The molecule has 0 aliphatic rings. The van der Waals surface area contributed by atoms with E-state index in [0.29, 0.717) is 0 Å². The molecule has 6 heteroatoms. The molecule has 2 aromatic rings. The maximum absolute atomic E-state index is 4.52. The number of aliphatic imine (C=N–C) groups is 1. The van der Waals surface area contributed by atoms with Gasteiger partial charge in [-0.05, 0) is 31.6 Å². The molecule has 136 valence electrons. The standard InChI is InChI=1S/C19H29N5S/c1-6-23(4)12-17-9-7-8-16(10-17)11-21-19(20-3)24(5)13-18-14-25-15(2)22-18/h7-10,14H,6,11-13H2,1-5H3,(H,20,21). The smallest absolute Gasteiger partial charge is 0.194 e. The Kier molecular flexibility index (Phi) is 7.40. The Hall–Kier alpha value is -1.92. The zero-order valence-electron chi connectivity index (χ0n) is 15.9. The zero-order valence-corrected chi connectivity index (χ0v) is 16.7. The Morgan fingerprint density at radius 3 is 2.64 bits per heavy atom. The molecule has 0 amide bonds. The molecule has 0 aliphatic heterocycles. The second kappa shape index (κ2) is 9.53. The lowest BCUT2D eigenvalue weighted by atomic mass is 10.1. The van der Waals surface area contributed by atoms with Crippen LogP contribution in [0.5, 0.6) is 0 Å². The molecule has 0 atom stereocenters. The fourth-order valence-corrected chi connectivity index (χ4v) is 3.23. The summed E-state index contributed by atoms with van der Waals surface area (Å²) in [5.74, 6) is 0.877. The second-order valence-corrected chi connectivity index (χ2v) is 7.33. The number of aromatic nitrogens is 1. The van der Waals surface area contributed by atoms with Gasteiger partial charge in [-0.25, -0.2) is 4.98 Å². The number of benzene rings is 1. The number of aryl methyl sites for hydroxylation is 1. The first kappa shape index (κ1) is 19.4. The molecule has 0 aliphatic carbocycles. The Labute approximate surface area is 155 Å². The number of hydrogen-bond acceptors (Lipinski definition) is 4. The summed E-state index contributed by atoms with van der Waals surface area (Å²) in [7, 11) is 6.00. The monoisotopic (exact) mass is 359 g/mol. The van der Waals surface area contributed by atoms with E-state index in [1.807, 2.05) is 21.0 Å². The van der Waals surface area contributed by atoms with Gasteiger partial charge < -0.3 is 15.1 Å². The van der Waals surface area contributed by atoms with Crippen LogP contribution in [-0.2, 0) is 19.6 Å². The second-order valence-electron chi connectivity index (χ2n) is 6.27. The molecule has 1 N–H and O–H groups in total. The van der Waals surface area contributed by atoms with Crippen molar-refractivity contribution >= 4 is 17.3 Å². The molecule has 1 aromatic heterocycles. The summed E-state index contributed by atoms with van der Waals surface area (Å²) in [6.07, 6.45) is 0. The maximum Gasteiger partial charge on any atom is 0.194 e. The summed E-state index contributed by atoms with van der Waals surface area (Å²) in [5, 5.41) is 6.65. The highest BCUT2D eigenvalue weighted by atomic mass is 32.1. The van der Waals surface area contributed by atoms with E-state index in [9.17, 15) is 0 Å². The van der Waals surface area contributed by atoms with E-state index in [1.165, 1.54) is 11.1 Å². The molecule has 0 spiro atoms. The van der Waals surface area contributed by atoms with E-state index in [1.54, 1.807) is 11.3 Å². The summed E-state index contributed by atoms with van der Waals surface area (Å²) >= 11 is 1.68. The van der Waals surface area contributed by atoms with Crippen molar-refractivity contribution in [2.24, 2.45) is 4.99 Å². The Bertz CT molecular complexity index is 695. The number of nitrogens with zero attached hydrogens (tertiary/aromatic N) is 4. The van der Waals surface area contributed by atoms with Gasteiger partial charge in [0.15, 0.2) is 5.96 Å². The minimum absolute atomic E-state index is 0.755. The van der Waals surface area contributed by atoms with Gasteiger partial charge in [0.1, 0.15) is 0 Å². The third-order valence-electron chi connectivity index (χ3n) is 4.07. The third-order valence-corrected chi connectivity index (χ3v) is 4.90. The van der Waals surface area contributed by atoms with Gasteiger partial charge in [-0.3, -0.25) is 4.99 Å². The van der Waals surface area contributed by atoms with Gasteiger partial charge in [-0.1, -0.05) is 31.2 Å². The molecule has 0 saturated heterocycles. The summed E-state index contributed by atoms with van der Waals surface area (Å²) < 4.78 is 0. The van der Waals surface area contributed by atoms with Crippen LogP contribution in [0.25, 0.3) is 0 Å². The predicted octanol–water partition coefficient (Wildman–Crippen LogP) is 3.11. The molecule has 0 unspecified atom stereocenters. The number of rotatable bonds is 7. The number of thiazole rings is 1. The topological polar surface area (TPSA) is 43.8 Å². The first-order valence-electron chi connectivity index (χ1n) is 8.61. The van der Waals surface area contributed by atoms with Crippen molar-refractivity contribution in [1.29, 1.82) is 0 Å². The van der Waals surface area contributed by atoms with Crippen LogP contribution in [0.1, 0.15) is 28.8 Å². The van der Waals surface area contributed by atoms with Gasteiger partial charge in [0.25, 0.3) is 0 Å². The Morgan fingerprint density at radius 1 is 1.24 bits per heavy atom. The molecule has 0 radical (unpaired) electrons. The van der Waals surface area contributed by atoms with Crippen molar-refractivity contribution in [1.82, 2.24) is 20.1 Å². The molecule has 1 heterocycles. The van der Waals surface area contributed by atoms with Crippen LogP contribution in [0.15, 0.2) is 34.6 Å². The van der Waals surface area contributed by atoms with Crippen molar-refractivity contribution < 1.29 is 0 Å². The lowest BCUT2D eigenvalue weighted by Gasteiger charge is -2.21. The first-order valence-corrected chi connectivity index (χ1v) is 9.49. The van der Waals surface area contributed by atoms with Crippen molar-refractivity contribution in [3.05, 3.63) is 51.5 Å². The average Bonchev–Trinajstić information content (AvgIpc) is 3.00. The third kappa shape index (κ3) is 6.14.